The smallest absolute Gasteiger partial charge is 0.162 e. The maximum Gasteiger partial charge on any atom is 0.162 e. The molecular formula is C16H21BrO2S. The molecule has 1 aliphatic rings. The molecule has 1 unspecified atom stereocenters. The molecule has 0 N–H and O–H groups in total. The Balaban J connectivity index is 1.68. The fourth-order valence-corrected chi connectivity index (χ4v) is 4.45. The molecule has 0 spiro atoms. The summed E-state index contributed by atoms with van der Waals surface area (Å²) in [6, 6.07) is 7.43. The molecule has 1 aromatic carbocycles. The van der Waals surface area contributed by atoms with E-state index in [9.17, 15) is 9.00 Å². The van der Waals surface area contributed by atoms with Crippen molar-refractivity contribution >= 4 is 32.5 Å². The van der Waals surface area contributed by atoms with Crippen molar-refractivity contribution in [2.24, 2.45) is 5.92 Å². The van der Waals surface area contributed by atoms with E-state index in [-0.39, 0.29) is 5.78 Å². The van der Waals surface area contributed by atoms with E-state index in [2.05, 4.69) is 15.9 Å². The molecule has 0 radical (unpaired) electrons. The molecule has 4 heteroatoms. The maximum absolute atomic E-state index is 12.0. The minimum absolute atomic E-state index is 0.148. The van der Waals surface area contributed by atoms with Crippen LogP contribution in [0.4, 0.5) is 0 Å². The summed E-state index contributed by atoms with van der Waals surface area (Å²) >= 11 is 3.36. The zero-order valence-corrected chi connectivity index (χ0v) is 14.0. The third-order valence-electron chi connectivity index (χ3n) is 3.84. The van der Waals surface area contributed by atoms with Gasteiger partial charge in [0.05, 0.1) is 0 Å². The fourth-order valence-electron chi connectivity index (χ4n) is 2.70. The largest absolute Gasteiger partial charge is 0.294 e. The van der Waals surface area contributed by atoms with Crippen molar-refractivity contribution in [3.63, 3.8) is 0 Å². The predicted octanol–water partition coefficient (Wildman–Crippen LogP) is 4.35. The van der Waals surface area contributed by atoms with Crippen molar-refractivity contribution in [1.29, 1.82) is 0 Å². The lowest BCUT2D eigenvalue weighted by molar-refractivity contribution is 0.0982. The second kappa shape index (κ2) is 8.08. The van der Waals surface area contributed by atoms with Gasteiger partial charge in [-0.25, -0.2) is 0 Å². The molecule has 1 aliphatic carbocycles. The number of halogens is 1. The van der Waals surface area contributed by atoms with Crippen LogP contribution in [0.5, 0.6) is 0 Å². The van der Waals surface area contributed by atoms with E-state index in [1.165, 1.54) is 25.7 Å². The second-order valence-corrected chi connectivity index (χ2v) is 8.03. The number of ketones is 1. The third-order valence-corrected chi connectivity index (χ3v) is 5.95. The van der Waals surface area contributed by atoms with Crippen LogP contribution in [0.15, 0.2) is 28.7 Å². The summed E-state index contributed by atoms with van der Waals surface area (Å²) in [4.78, 5) is 12.0. The molecule has 0 aliphatic heterocycles. The van der Waals surface area contributed by atoms with Gasteiger partial charge in [0.2, 0.25) is 0 Å². The Labute approximate surface area is 131 Å². The summed E-state index contributed by atoms with van der Waals surface area (Å²) in [5, 5.41) is 0. The Bertz CT molecular complexity index is 464. The van der Waals surface area contributed by atoms with Gasteiger partial charge in [-0.1, -0.05) is 40.9 Å². The van der Waals surface area contributed by atoms with Crippen LogP contribution in [0, 0.1) is 5.92 Å². The summed E-state index contributed by atoms with van der Waals surface area (Å²) in [5.41, 5.74) is 0.745. The highest BCUT2D eigenvalue weighted by molar-refractivity contribution is 9.10. The summed E-state index contributed by atoms with van der Waals surface area (Å²) in [6.07, 6.45) is 6.30. The van der Waals surface area contributed by atoms with E-state index >= 15 is 0 Å². The van der Waals surface area contributed by atoms with Gasteiger partial charge in [-0.2, -0.15) is 0 Å². The van der Waals surface area contributed by atoms with E-state index in [1.54, 1.807) is 0 Å². The van der Waals surface area contributed by atoms with Gasteiger partial charge in [0, 0.05) is 38.8 Å². The molecule has 1 saturated carbocycles. The molecule has 20 heavy (non-hydrogen) atoms. The van der Waals surface area contributed by atoms with E-state index in [0.29, 0.717) is 18.1 Å². The van der Waals surface area contributed by atoms with Crippen molar-refractivity contribution in [2.45, 2.75) is 38.5 Å². The van der Waals surface area contributed by atoms with Gasteiger partial charge in [0.1, 0.15) is 0 Å². The lowest BCUT2D eigenvalue weighted by Gasteiger charge is -2.08. The summed E-state index contributed by atoms with van der Waals surface area (Å²) in [7, 11) is -0.746. The highest BCUT2D eigenvalue weighted by Crippen LogP contribution is 2.25. The molecule has 1 aromatic rings. The molecule has 0 saturated heterocycles. The SMILES string of the molecule is O=C(CCCS(=O)CC1CCCC1)c1ccc(Br)cc1. The highest BCUT2D eigenvalue weighted by atomic mass is 79.9. The van der Waals surface area contributed by atoms with Gasteiger partial charge in [-0.15, -0.1) is 0 Å². The minimum atomic E-state index is -0.746. The number of Topliss-reactive ketones (excluding diaryl/α,β-unsaturated/α-hetero) is 1. The first-order valence-corrected chi connectivity index (χ1v) is 9.57. The number of benzene rings is 1. The lowest BCUT2D eigenvalue weighted by Crippen LogP contribution is -2.11. The first-order valence-electron chi connectivity index (χ1n) is 7.29. The first-order chi connectivity index (χ1) is 9.65. The Morgan fingerprint density at radius 3 is 2.50 bits per heavy atom. The first kappa shape index (κ1) is 15.9. The number of carbonyl (C=O) groups excluding carboxylic acids is 1. The van der Waals surface area contributed by atoms with Gasteiger partial charge in [-0.3, -0.25) is 9.00 Å². The molecule has 0 aromatic heterocycles. The van der Waals surface area contributed by atoms with Gasteiger partial charge in [0.15, 0.2) is 5.78 Å². The standard InChI is InChI=1S/C16H21BrO2S/c17-15-9-7-14(8-10-15)16(18)6-3-11-20(19)12-13-4-1-2-5-13/h7-10,13H,1-6,11-12H2. The van der Waals surface area contributed by atoms with Crippen LogP contribution < -0.4 is 0 Å². The zero-order valence-electron chi connectivity index (χ0n) is 11.6. The van der Waals surface area contributed by atoms with Crippen LogP contribution in [-0.2, 0) is 10.8 Å². The third kappa shape index (κ3) is 5.13. The van der Waals surface area contributed by atoms with Crippen molar-refractivity contribution in [3.8, 4) is 0 Å². The summed E-state index contributed by atoms with van der Waals surface area (Å²) in [5.74, 6) is 2.32. The summed E-state index contributed by atoms with van der Waals surface area (Å²) in [6.45, 7) is 0. The molecule has 110 valence electrons. The Kier molecular flexibility index (Phi) is 6.43. The molecule has 2 nitrogen and oxygen atoms in total. The monoisotopic (exact) mass is 356 g/mol. The van der Waals surface area contributed by atoms with Crippen molar-refractivity contribution in [3.05, 3.63) is 34.3 Å². The zero-order chi connectivity index (χ0) is 14.4. The number of hydrogen-bond acceptors (Lipinski definition) is 2. The summed E-state index contributed by atoms with van der Waals surface area (Å²) < 4.78 is 12.9. The second-order valence-electron chi connectivity index (χ2n) is 5.49. The molecule has 2 rings (SSSR count). The van der Waals surface area contributed by atoms with Crippen molar-refractivity contribution < 1.29 is 9.00 Å². The van der Waals surface area contributed by atoms with Crippen LogP contribution in [0.25, 0.3) is 0 Å². The number of carbonyl (C=O) groups is 1. The fraction of sp³-hybridized carbons (Fsp3) is 0.562. The Morgan fingerprint density at radius 2 is 1.85 bits per heavy atom. The van der Waals surface area contributed by atoms with Gasteiger partial charge in [-0.05, 0) is 37.3 Å². The van der Waals surface area contributed by atoms with Crippen molar-refractivity contribution in [2.75, 3.05) is 11.5 Å². The Morgan fingerprint density at radius 1 is 1.20 bits per heavy atom. The maximum atomic E-state index is 12.0. The lowest BCUT2D eigenvalue weighted by atomic mass is 10.1. The topological polar surface area (TPSA) is 34.1 Å². The van der Waals surface area contributed by atoms with Gasteiger partial charge >= 0.3 is 0 Å². The molecule has 0 amide bonds. The van der Waals surface area contributed by atoms with Crippen LogP contribution in [0.3, 0.4) is 0 Å². The molecular weight excluding hydrogens is 336 g/mol. The van der Waals surface area contributed by atoms with Crippen molar-refractivity contribution in [1.82, 2.24) is 0 Å². The normalized spacial score (nSPS) is 17.2. The van der Waals surface area contributed by atoms with E-state index in [0.717, 1.165) is 22.2 Å². The van der Waals surface area contributed by atoms with Crippen LogP contribution >= 0.6 is 15.9 Å². The number of hydrogen-bond donors (Lipinski definition) is 0. The van der Waals surface area contributed by atoms with Gasteiger partial charge in [0.25, 0.3) is 0 Å². The average Bonchev–Trinajstić information content (AvgIpc) is 2.92. The molecule has 0 bridgehead atoms. The van der Waals surface area contributed by atoms with Gasteiger partial charge < -0.3 is 0 Å². The van der Waals surface area contributed by atoms with Crippen LogP contribution in [0.2, 0.25) is 0 Å². The number of rotatable bonds is 7. The Hall–Kier alpha value is -0.480. The molecule has 1 fully saturated rings. The predicted molar refractivity (Wildman–Crippen MR) is 87.5 cm³/mol. The van der Waals surface area contributed by atoms with Crippen LogP contribution in [-0.4, -0.2) is 21.5 Å². The molecule has 0 heterocycles. The van der Waals surface area contributed by atoms with E-state index < -0.39 is 10.8 Å². The van der Waals surface area contributed by atoms with E-state index in [4.69, 9.17) is 0 Å². The van der Waals surface area contributed by atoms with Crippen LogP contribution in [0.1, 0.15) is 48.9 Å². The molecule has 1 atom stereocenters. The quantitative estimate of drug-likeness (QED) is 0.680. The average molecular weight is 357 g/mol. The minimum Gasteiger partial charge on any atom is -0.294 e. The highest BCUT2D eigenvalue weighted by Gasteiger charge is 2.17. The van der Waals surface area contributed by atoms with E-state index in [1.807, 2.05) is 24.3 Å².